The number of nitrogens with one attached hydrogen (secondary N) is 1. The number of furan rings is 1. The highest BCUT2D eigenvalue weighted by molar-refractivity contribution is 6.33. The summed E-state index contributed by atoms with van der Waals surface area (Å²) in [5.41, 5.74) is 1.75. The Balaban J connectivity index is 1.04. The first kappa shape index (κ1) is 38.1. The Morgan fingerprint density at radius 2 is 1.56 bits per heavy atom. The van der Waals surface area contributed by atoms with Crippen LogP contribution in [0.1, 0.15) is 38.3 Å². The van der Waals surface area contributed by atoms with E-state index in [0.717, 1.165) is 0 Å². The third-order valence-electron chi connectivity index (χ3n) is 9.16. The van der Waals surface area contributed by atoms with E-state index in [9.17, 15) is 30.0 Å². The normalized spacial score (nSPS) is 30.9. The van der Waals surface area contributed by atoms with Crippen LogP contribution in [0.2, 0.25) is 5.02 Å². The quantitative estimate of drug-likeness (QED) is 0.139. The van der Waals surface area contributed by atoms with Gasteiger partial charge in [0.05, 0.1) is 35.8 Å². The van der Waals surface area contributed by atoms with E-state index in [1.807, 2.05) is 18.2 Å². The topological polar surface area (TPSA) is 205 Å². The fraction of sp³-hybridized carbons (Fsp3) is 0.368. The Morgan fingerprint density at radius 3 is 2.30 bits per heavy atom. The van der Waals surface area contributed by atoms with E-state index in [-0.39, 0.29) is 35.2 Å². The second-order valence-electron chi connectivity index (χ2n) is 12.8. The van der Waals surface area contributed by atoms with Crippen LogP contribution in [0.4, 0.5) is 5.69 Å². The molecule has 7 rings (SSSR count). The molecule has 0 aliphatic carbocycles. The van der Waals surface area contributed by atoms with Crippen LogP contribution < -0.4 is 5.32 Å². The van der Waals surface area contributed by atoms with Crippen molar-refractivity contribution in [3.05, 3.63) is 125 Å². The molecule has 3 fully saturated rings. The smallest absolute Gasteiger partial charge is 0.338 e. The fourth-order valence-corrected chi connectivity index (χ4v) is 6.48. The maximum atomic E-state index is 12.9. The number of carbonyl (C=O) groups is 2. The number of amides is 1. The van der Waals surface area contributed by atoms with Crippen LogP contribution in [-0.4, -0.2) is 107 Å². The lowest BCUT2D eigenvalue weighted by Gasteiger charge is -2.48. The number of anilines is 1. The fourth-order valence-electron chi connectivity index (χ4n) is 6.31. The van der Waals surface area contributed by atoms with E-state index in [4.69, 9.17) is 49.2 Å². The van der Waals surface area contributed by atoms with Gasteiger partial charge in [0.25, 0.3) is 5.91 Å². The molecular formula is C38H38ClNO14. The Kier molecular flexibility index (Phi) is 12.0. The van der Waals surface area contributed by atoms with E-state index in [0.29, 0.717) is 11.1 Å². The summed E-state index contributed by atoms with van der Waals surface area (Å²) in [4.78, 5) is 25.4. The molecule has 4 heterocycles. The van der Waals surface area contributed by atoms with E-state index in [2.05, 4.69) is 5.32 Å². The number of fused-ring (bicyclic) bond motifs is 1. The predicted octanol–water partition coefficient (Wildman–Crippen LogP) is 2.95. The lowest BCUT2D eigenvalue weighted by Crippen LogP contribution is -2.66. The molecule has 0 saturated carbocycles. The summed E-state index contributed by atoms with van der Waals surface area (Å²) in [5, 5.41) is 47.7. The van der Waals surface area contributed by atoms with Crippen LogP contribution in [0.25, 0.3) is 0 Å². The van der Waals surface area contributed by atoms with E-state index in [1.165, 1.54) is 12.3 Å². The first-order valence-corrected chi connectivity index (χ1v) is 17.5. The van der Waals surface area contributed by atoms with E-state index >= 15 is 0 Å². The van der Waals surface area contributed by atoms with Gasteiger partial charge in [0.2, 0.25) is 0 Å². The minimum absolute atomic E-state index is 0.0206. The van der Waals surface area contributed by atoms with Crippen molar-refractivity contribution in [1.82, 2.24) is 0 Å². The third-order valence-corrected chi connectivity index (χ3v) is 9.49. The predicted molar refractivity (Wildman–Crippen MR) is 186 cm³/mol. The van der Waals surface area contributed by atoms with Gasteiger partial charge in [0, 0.05) is 5.56 Å². The zero-order chi connectivity index (χ0) is 37.8. The summed E-state index contributed by atoms with van der Waals surface area (Å²) >= 11 is 6.30. The summed E-state index contributed by atoms with van der Waals surface area (Å²) in [6, 6.07) is 25.0. The molecule has 1 aromatic heterocycles. The molecule has 286 valence electrons. The number of aliphatic hydroxyl groups is 4. The molecule has 3 aromatic carbocycles. The highest BCUT2D eigenvalue weighted by Gasteiger charge is 2.53. The van der Waals surface area contributed by atoms with Crippen molar-refractivity contribution >= 4 is 29.2 Å². The van der Waals surface area contributed by atoms with E-state index < -0.39 is 86.2 Å². The van der Waals surface area contributed by atoms with Gasteiger partial charge in [0.15, 0.2) is 24.6 Å². The molecule has 3 aliphatic heterocycles. The van der Waals surface area contributed by atoms with Gasteiger partial charge in [-0.05, 0) is 42.0 Å². The molecule has 11 atom stereocenters. The molecule has 0 spiro atoms. The number of benzene rings is 3. The first-order chi connectivity index (χ1) is 26.2. The van der Waals surface area contributed by atoms with Crippen LogP contribution >= 0.6 is 11.6 Å². The number of hydrogen-bond donors (Lipinski definition) is 5. The summed E-state index contributed by atoms with van der Waals surface area (Å²) in [6.45, 7) is -0.678. The van der Waals surface area contributed by atoms with Crippen molar-refractivity contribution in [1.29, 1.82) is 0 Å². The van der Waals surface area contributed by atoms with Crippen molar-refractivity contribution in [2.24, 2.45) is 0 Å². The van der Waals surface area contributed by atoms with Crippen LogP contribution in [0.5, 0.6) is 0 Å². The lowest BCUT2D eigenvalue weighted by atomic mass is 9.96. The van der Waals surface area contributed by atoms with Crippen LogP contribution in [-0.2, 0) is 39.8 Å². The number of rotatable bonds is 11. The second kappa shape index (κ2) is 17.1. The van der Waals surface area contributed by atoms with Crippen molar-refractivity contribution in [2.75, 3.05) is 18.5 Å². The van der Waals surface area contributed by atoms with Gasteiger partial charge in [0.1, 0.15) is 55.4 Å². The highest BCUT2D eigenvalue weighted by atomic mass is 35.5. The van der Waals surface area contributed by atoms with E-state index in [1.54, 1.807) is 66.7 Å². The first-order valence-electron chi connectivity index (χ1n) is 17.1. The maximum Gasteiger partial charge on any atom is 0.338 e. The molecule has 1 unspecified atom stereocenters. The zero-order valence-corrected chi connectivity index (χ0v) is 29.2. The molecular weight excluding hydrogens is 730 g/mol. The van der Waals surface area contributed by atoms with Gasteiger partial charge in [-0.1, -0.05) is 66.2 Å². The Bertz CT molecular complexity index is 1850. The second-order valence-corrected chi connectivity index (χ2v) is 13.3. The summed E-state index contributed by atoms with van der Waals surface area (Å²) in [7, 11) is 0. The monoisotopic (exact) mass is 767 g/mol. The molecule has 15 nitrogen and oxygen atoms in total. The largest absolute Gasteiger partial charge is 0.459 e. The van der Waals surface area contributed by atoms with Crippen LogP contribution in [0.15, 0.2) is 102 Å². The molecule has 0 bridgehead atoms. The van der Waals surface area contributed by atoms with Gasteiger partial charge in [-0.25, -0.2) is 4.79 Å². The molecule has 3 saturated heterocycles. The number of aliphatic hydroxyl groups excluding tert-OH is 4. The molecule has 4 aromatic rings. The van der Waals surface area contributed by atoms with Crippen molar-refractivity contribution in [2.45, 2.75) is 74.3 Å². The number of carbonyl (C=O) groups excluding carboxylic acids is 2. The number of ether oxygens (including phenoxy) is 7. The molecule has 16 heteroatoms. The van der Waals surface area contributed by atoms with Gasteiger partial charge < -0.3 is 63.3 Å². The standard InChI is InChI=1S/C38H38ClNO14/c39-23-14-13-20(16-24(23)40-34(45)25-12-7-15-47-25)17-49-37-30(43)28(41)33(26(51-37)18-48-35(46)21-8-3-1-4-9-21)54-38-31(44)29(42)32-27(52-38)19-50-36(53-32)22-10-5-2-6-11-22/h1-16,26-33,36-38,41-44H,17-19H2,(H,40,45)/t26-,27-,28-,29-,30-,31-,32-,33-,36?,37-,38-/m1/s1. The lowest BCUT2D eigenvalue weighted by molar-refractivity contribution is -0.386. The van der Waals surface area contributed by atoms with Gasteiger partial charge in [-0.3, -0.25) is 4.79 Å². The molecule has 1 amide bonds. The average Bonchev–Trinajstić information content (AvgIpc) is 3.75. The van der Waals surface area contributed by atoms with Crippen LogP contribution in [0.3, 0.4) is 0 Å². The summed E-state index contributed by atoms with van der Waals surface area (Å²) < 4.78 is 46.4. The third kappa shape index (κ3) is 8.52. The summed E-state index contributed by atoms with van der Waals surface area (Å²) in [5.74, 6) is -1.14. The van der Waals surface area contributed by atoms with Crippen molar-refractivity contribution < 1.29 is 67.6 Å². The van der Waals surface area contributed by atoms with Crippen LogP contribution in [0, 0.1) is 0 Å². The Morgan fingerprint density at radius 1 is 0.815 bits per heavy atom. The Hall–Kier alpha value is -4.23. The number of halogens is 1. The van der Waals surface area contributed by atoms with Gasteiger partial charge in [-0.2, -0.15) is 0 Å². The minimum atomic E-state index is -1.73. The number of hydrogen-bond acceptors (Lipinski definition) is 14. The van der Waals surface area contributed by atoms with Gasteiger partial charge in [-0.15, -0.1) is 0 Å². The zero-order valence-electron chi connectivity index (χ0n) is 28.5. The minimum Gasteiger partial charge on any atom is -0.459 e. The molecule has 54 heavy (non-hydrogen) atoms. The molecule has 3 aliphatic rings. The Labute approximate surface area is 313 Å². The van der Waals surface area contributed by atoms with Crippen molar-refractivity contribution in [3.63, 3.8) is 0 Å². The summed E-state index contributed by atoms with van der Waals surface area (Å²) in [6.07, 6.45) is -13.7. The molecule has 5 N–H and O–H groups in total. The number of esters is 1. The average molecular weight is 768 g/mol. The van der Waals surface area contributed by atoms with Gasteiger partial charge >= 0.3 is 5.97 Å². The maximum absolute atomic E-state index is 12.9. The van der Waals surface area contributed by atoms with Crippen molar-refractivity contribution in [3.8, 4) is 0 Å². The molecule has 0 radical (unpaired) electrons. The highest BCUT2D eigenvalue weighted by Crippen LogP contribution is 2.36. The SMILES string of the molecule is O=C(OC[C@H]1O[C@@H](OCc2ccc(Cl)c(NC(=O)c3ccco3)c2)[C@H](O)[C@@H](O)[C@@H]1O[C@H]1O[C@@H]2COC(c3ccccc3)O[C@H]2[C@H](O)[C@H]1O)c1ccccc1.